The Morgan fingerprint density at radius 3 is 2.59 bits per heavy atom. The van der Waals surface area contributed by atoms with Gasteiger partial charge < -0.3 is 9.80 Å². The molecule has 0 bridgehead atoms. The molecule has 0 N–H and O–H groups in total. The van der Waals surface area contributed by atoms with Gasteiger partial charge in [-0.2, -0.15) is 0 Å². The average Bonchev–Trinajstić information content (AvgIpc) is 2.59. The largest absolute Gasteiger partial charge is 0.354 e. The molecule has 116 valence electrons. The summed E-state index contributed by atoms with van der Waals surface area (Å²) in [6.07, 6.45) is 1.38. The van der Waals surface area contributed by atoms with E-state index in [9.17, 15) is 0 Å². The van der Waals surface area contributed by atoms with Gasteiger partial charge in [0.25, 0.3) is 0 Å². The Kier molecular flexibility index (Phi) is 3.81. The highest BCUT2D eigenvalue weighted by atomic mass is 15.4. The van der Waals surface area contributed by atoms with Crippen molar-refractivity contribution in [1.82, 2.24) is 4.98 Å². The minimum absolute atomic E-state index is 0.311. The van der Waals surface area contributed by atoms with Crippen LogP contribution in [0.3, 0.4) is 0 Å². The second-order valence-corrected chi connectivity index (χ2v) is 6.33. The number of aryl methyl sites for hydroxylation is 3. The molecule has 1 atom stereocenters. The van der Waals surface area contributed by atoms with Crippen LogP contribution in [0.2, 0.25) is 0 Å². The van der Waals surface area contributed by atoms with Crippen LogP contribution >= 0.6 is 0 Å². The number of fused-ring (bicyclic) bond motifs is 1. The molecule has 3 nitrogen and oxygen atoms in total. The van der Waals surface area contributed by atoms with Crippen molar-refractivity contribution in [3.8, 4) is 0 Å². The summed E-state index contributed by atoms with van der Waals surface area (Å²) in [5.74, 6) is 0. The Bertz CT molecular complexity index is 670. The van der Waals surface area contributed by atoms with Crippen LogP contribution in [0.5, 0.6) is 0 Å². The number of para-hydroxylation sites is 1. The van der Waals surface area contributed by atoms with E-state index in [2.05, 4.69) is 79.9 Å². The molecule has 0 spiro atoms. The van der Waals surface area contributed by atoms with Crippen LogP contribution in [0.1, 0.15) is 29.4 Å². The summed E-state index contributed by atoms with van der Waals surface area (Å²) >= 11 is 0. The number of aromatic nitrogens is 1. The highest BCUT2D eigenvalue weighted by Crippen LogP contribution is 2.32. The molecule has 0 fully saturated rings. The van der Waals surface area contributed by atoms with Gasteiger partial charge in [0.2, 0.25) is 0 Å². The van der Waals surface area contributed by atoms with E-state index in [1.807, 2.05) is 0 Å². The third-order valence-electron chi connectivity index (χ3n) is 4.78. The van der Waals surface area contributed by atoms with E-state index >= 15 is 0 Å². The Hall–Kier alpha value is -2.03. The summed E-state index contributed by atoms with van der Waals surface area (Å²) in [4.78, 5) is 9.56. The standard InChI is InChI=1S/C19H25N3/c1-13-12-14(2)20-15(3)19(13)22-11-10-17-8-6-7-9-18(17)21(5)16(22)4/h6-9,12,16H,10-11H2,1-5H3/t16-/m0/s1. The summed E-state index contributed by atoms with van der Waals surface area (Å²) in [7, 11) is 2.19. The normalized spacial score (nSPS) is 18.1. The van der Waals surface area contributed by atoms with E-state index in [0.717, 1.165) is 24.4 Å². The van der Waals surface area contributed by atoms with Gasteiger partial charge in [0, 0.05) is 25.0 Å². The van der Waals surface area contributed by atoms with Crippen molar-refractivity contribution in [2.45, 2.75) is 40.3 Å². The molecule has 0 amide bonds. The lowest BCUT2D eigenvalue weighted by molar-refractivity contribution is 0.633. The van der Waals surface area contributed by atoms with Crippen molar-refractivity contribution in [2.24, 2.45) is 0 Å². The molecule has 0 saturated heterocycles. The number of nitrogens with zero attached hydrogens (tertiary/aromatic N) is 3. The van der Waals surface area contributed by atoms with Crippen molar-refractivity contribution in [1.29, 1.82) is 0 Å². The lowest BCUT2D eigenvalue weighted by atomic mass is 10.1. The van der Waals surface area contributed by atoms with Gasteiger partial charge >= 0.3 is 0 Å². The summed E-state index contributed by atoms with van der Waals surface area (Å²) in [5.41, 5.74) is 7.60. The summed E-state index contributed by atoms with van der Waals surface area (Å²) in [5, 5.41) is 0. The second-order valence-electron chi connectivity index (χ2n) is 6.33. The average molecular weight is 295 g/mol. The molecule has 2 heterocycles. The van der Waals surface area contributed by atoms with Crippen molar-refractivity contribution >= 4 is 11.4 Å². The van der Waals surface area contributed by atoms with Gasteiger partial charge in [-0.15, -0.1) is 0 Å². The Morgan fingerprint density at radius 2 is 1.86 bits per heavy atom. The van der Waals surface area contributed by atoms with Gasteiger partial charge in [0.05, 0.1) is 17.5 Å². The van der Waals surface area contributed by atoms with E-state index in [4.69, 9.17) is 0 Å². The van der Waals surface area contributed by atoms with Gasteiger partial charge in [-0.3, -0.25) is 4.98 Å². The predicted octanol–water partition coefficient (Wildman–Crippen LogP) is 3.85. The number of hydrogen-bond acceptors (Lipinski definition) is 3. The first kappa shape index (κ1) is 14.9. The fraction of sp³-hybridized carbons (Fsp3) is 0.421. The highest BCUT2D eigenvalue weighted by molar-refractivity contribution is 5.63. The van der Waals surface area contributed by atoms with Crippen LogP contribution in [0.25, 0.3) is 0 Å². The topological polar surface area (TPSA) is 19.4 Å². The van der Waals surface area contributed by atoms with Gasteiger partial charge in [0.1, 0.15) is 0 Å². The summed E-state index contributed by atoms with van der Waals surface area (Å²) in [6.45, 7) is 9.69. The van der Waals surface area contributed by atoms with E-state index < -0.39 is 0 Å². The van der Waals surface area contributed by atoms with Crippen LogP contribution in [0.15, 0.2) is 30.3 Å². The first-order valence-corrected chi connectivity index (χ1v) is 8.01. The van der Waals surface area contributed by atoms with Crippen LogP contribution in [-0.2, 0) is 6.42 Å². The van der Waals surface area contributed by atoms with Crippen LogP contribution in [-0.4, -0.2) is 24.7 Å². The Labute approximate surface area is 133 Å². The molecular weight excluding hydrogens is 270 g/mol. The van der Waals surface area contributed by atoms with Crippen molar-refractivity contribution in [2.75, 3.05) is 23.4 Å². The van der Waals surface area contributed by atoms with Crippen molar-refractivity contribution in [3.05, 3.63) is 52.8 Å². The van der Waals surface area contributed by atoms with Crippen LogP contribution < -0.4 is 9.80 Å². The zero-order valence-electron chi connectivity index (χ0n) is 14.2. The Balaban J connectivity index is 2.04. The van der Waals surface area contributed by atoms with Crippen molar-refractivity contribution < 1.29 is 0 Å². The molecule has 0 radical (unpaired) electrons. The Morgan fingerprint density at radius 1 is 1.14 bits per heavy atom. The maximum Gasteiger partial charge on any atom is 0.0984 e. The molecule has 0 saturated carbocycles. The fourth-order valence-corrected chi connectivity index (χ4v) is 3.65. The number of anilines is 2. The number of rotatable bonds is 1. The molecule has 2 aromatic rings. The van der Waals surface area contributed by atoms with Gasteiger partial charge in [0.15, 0.2) is 0 Å². The second kappa shape index (κ2) is 5.64. The molecule has 0 unspecified atom stereocenters. The molecule has 1 aromatic carbocycles. The highest BCUT2D eigenvalue weighted by Gasteiger charge is 2.26. The molecule has 1 aliphatic rings. The summed E-state index contributed by atoms with van der Waals surface area (Å²) in [6, 6.07) is 10.9. The number of benzene rings is 1. The zero-order chi connectivity index (χ0) is 15.9. The molecular formula is C19H25N3. The quantitative estimate of drug-likeness (QED) is 0.796. The zero-order valence-corrected chi connectivity index (χ0v) is 14.2. The van der Waals surface area contributed by atoms with Gasteiger partial charge in [-0.25, -0.2) is 0 Å². The SMILES string of the molecule is Cc1cc(C)c(N2CCc3ccccc3N(C)[C@@H]2C)c(C)n1. The predicted molar refractivity (Wildman–Crippen MR) is 93.8 cm³/mol. The van der Waals surface area contributed by atoms with E-state index in [0.29, 0.717) is 6.17 Å². The third kappa shape index (κ3) is 2.45. The fourth-order valence-electron chi connectivity index (χ4n) is 3.65. The maximum atomic E-state index is 4.69. The van der Waals surface area contributed by atoms with E-state index in [-0.39, 0.29) is 0 Å². The smallest absolute Gasteiger partial charge is 0.0984 e. The van der Waals surface area contributed by atoms with Crippen LogP contribution in [0, 0.1) is 20.8 Å². The minimum Gasteiger partial charge on any atom is -0.354 e. The molecule has 3 rings (SSSR count). The minimum atomic E-state index is 0.311. The monoisotopic (exact) mass is 295 g/mol. The lowest BCUT2D eigenvalue weighted by Gasteiger charge is -2.37. The molecule has 1 aliphatic heterocycles. The van der Waals surface area contributed by atoms with Gasteiger partial charge in [-0.1, -0.05) is 18.2 Å². The number of hydrogen-bond donors (Lipinski definition) is 0. The summed E-state index contributed by atoms with van der Waals surface area (Å²) < 4.78 is 0. The van der Waals surface area contributed by atoms with Crippen LogP contribution in [0.4, 0.5) is 11.4 Å². The van der Waals surface area contributed by atoms with E-state index in [1.165, 1.54) is 22.5 Å². The first-order chi connectivity index (χ1) is 10.5. The molecule has 0 aliphatic carbocycles. The maximum absolute atomic E-state index is 4.69. The molecule has 22 heavy (non-hydrogen) atoms. The first-order valence-electron chi connectivity index (χ1n) is 8.01. The molecule has 1 aromatic heterocycles. The molecule has 3 heteroatoms. The lowest BCUT2D eigenvalue weighted by Crippen LogP contribution is -2.45. The van der Waals surface area contributed by atoms with Crippen molar-refractivity contribution in [3.63, 3.8) is 0 Å². The van der Waals surface area contributed by atoms with E-state index in [1.54, 1.807) is 0 Å². The number of pyridine rings is 1. The third-order valence-corrected chi connectivity index (χ3v) is 4.78. The van der Waals surface area contributed by atoms with Gasteiger partial charge in [-0.05, 0) is 57.4 Å².